The largest absolute Gasteiger partial charge is 0.323 e. The topological polar surface area (TPSA) is 41.1 Å². The van der Waals surface area contributed by atoms with Crippen LogP contribution in [0, 0.1) is 11.6 Å². The molecule has 0 unspecified atom stereocenters. The number of halogens is 2. The maximum atomic E-state index is 13.1. The summed E-state index contributed by atoms with van der Waals surface area (Å²) >= 11 is 0. The molecule has 0 saturated heterocycles. The molecule has 1 aromatic rings. The van der Waals surface area contributed by atoms with E-state index in [1.165, 1.54) is 12.3 Å². The summed E-state index contributed by atoms with van der Waals surface area (Å²) in [6.07, 6.45) is 3.87. The maximum Gasteiger partial charge on any atom is 0.323 e. The highest BCUT2D eigenvalue weighted by Gasteiger charge is 2.10. The van der Waals surface area contributed by atoms with Crippen molar-refractivity contribution in [2.45, 2.75) is 13.3 Å². The number of carbonyl (C=O) groups excluding carboxylic acids is 1. The summed E-state index contributed by atoms with van der Waals surface area (Å²) in [5.74, 6) is -1.62. The summed E-state index contributed by atoms with van der Waals surface area (Å²) in [5.41, 5.74) is -0.454. The van der Waals surface area contributed by atoms with E-state index < -0.39 is 23.4 Å². The molecule has 0 aliphatic heterocycles. The number of nitrogens with one attached hydrogen (secondary N) is 2. The number of hydrogen-bond acceptors (Lipinski definition) is 1. The lowest BCUT2D eigenvalue weighted by Crippen LogP contribution is -2.24. The first kappa shape index (κ1) is 12.2. The van der Waals surface area contributed by atoms with Crippen molar-refractivity contribution in [3.05, 3.63) is 42.1 Å². The third kappa shape index (κ3) is 3.34. The van der Waals surface area contributed by atoms with Crippen LogP contribution in [0.4, 0.5) is 19.3 Å². The first-order chi connectivity index (χ1) is 7.65. The van der Waals surface area contributed by atoms with Crippen LogP contribution in [0.1, 0.15) is 13.3 Å². The van der Waals surface area contributed by atoms with Crippen molar-refractivity contribution >= 4 is 11.7 Å². The number of benzene rings is 1. The fourth-order valence-corrected chi connectivity index (χ4v) is 1.02. The molecule has 0 saturated carbocycles. The minimum atomic E-state index is -0.811. The van der Waals surface area contributed by atoms with Crippen molar-refractivity contribution in [1.82, 2.24) is 5.32 Å². The first-order valence-corrected chi connectivity index (χ1v) is 4.81. The molecule has 86 valence electrons. The molecule has 0 aromatic heterocycles. The molecule has 0 atom stereocenters. The zero-order valence-electron chi connectivity index (χ0n) is 8.76. The smallest absolute Gasteiger partial charge is 0.315 e. The quantitative estimate of drug-likeness (QED) is 0.817. The normalized spacial score (nSPS) is 10.4. The second-order valence-corrected chi connectivity index (χ2v) is 3.01. The minimum absolute atomic E-state index is 0.454. The van der Waals surface area contributed by atoms with Gasteiger partial charge in [0.2, 0.25) is 0 Å². The van der Waals surface area contributed by atoms with E-state index in [-0.39, 0.29) is 0 Å². The Labute approximate surface area is 92.2 Å². The van der Waals surface area contributed by atoms with E-state index in [1.54, 1.807) is 6.08 Å². The summed E-state index contributed by atoms with van der Waals surface area (Å²) in [6.45, 7) is 1.90. The Morgan fingerprint density at radius 3 is 2.56 bits per heavy atom. The second kappa shape index (κ2) is 5.85. The molecular weight excluding hydrogens is 214 g/mol. The Morgan fingerprint density at radius 1 is 1.38 bits per heavy atom. The summed E-state index contributed by atoms with van der Waals surface area (Å²) in [5, 5.41) is 4.41. The highest BCUT2D eigenvalue weighted by molar-refractivity contribution is 5.90. The first-order valence-electron chi connectivity index (χ1n) is 4.81. The van der Waals surface area contributed by atoms with Crippen LogP contribution in [-0.2, 0) is 0 Å². The highest BCUT2D eigenvalue weighted by atomic mass is 19.1. The van der Waals surface area contributed by atoms with E-state index in [1.807, 2.05) is 6.92 Å². The molecule has 2 amide bonds. The van der Waals surface area contributed by atoms with Crippen molar-refractivity contribution in [3.63, 3.8) is 0 Å². The van der Waals surface area contributed by atoms with Crippen LogP contribution in [0.2, 0.25) is 0 Å². The monoisotopic (exact) mass is 226 g/mol. The lowest BCUT2D eigenvalue weighted by molar-refractivity contribution is 0.255. The van der Waals surface area contributed by atoms with E-state index in [0.717, 1.165) is 18.6 Å². The van der Waals surface area contributed by atoms with Crippen molar-refractivity contribution in [2.75, 3.05) is 5.32 Å². The van der Waals surface area contributed by atoms with E-state index in [9.17, 15) is 13.6 Å². The molecule has 2 N–H and O–H groups in total. The molecule has 3 nitrogen and oxygen atoms in total. The molecule has 1 rings (SSSR count). The van der Waals surface area contributed by atoms with Crippen LogP contribution < -0.4 is 10.6 Å². The van der Waals surface area contributed by atoms with Crippen molar-refractivity contribution in [2.24, 2.45) is 0 Å². The second-order valence-electron chi connectivity index (χ2n) is 3.01. The predicted molar refractivity (Wildman–Crippen MR) is 57.9 cm³/mol. The van der Waals surface area contributed by atoms with Gasteiger partial charge in [-0.25, -0.2) is 13.6 Å². The van der Waals surface area contributed by atoms with Gasteiger partial charge in [-0.2, -0.15) is 0 Å². The molecule has 16 heavy (non-hydrogen) atoms. The van der Waals surface area contributed by atoms with Crippen LogP contribution >= 0.6 is 0 Å². The summed E-state index contributed by atoms with van der Waals surface area (Å²) in [7, 11) is 0. The van der Waals surface area contributed by atoms with Crippen LogP contribution in [0.25, 0.3) is 0 Å². The molecule has 0 radical (unpaired) electrons. The SMILES string of the molecule is CC/C=C/NC(=O)Nc1c(F)cccc1F. The van der Waals surface area contributed by atoms with Crippen molar-refractivity contribution < 1.29 is 13.6 Å². The number of para-hydroxylation sites is 1. The predicted octanol–water partition coefficient (Wildman–Crippen LogP) is 3.01. The average Bonchev–Trinajstić information content (AvgIpc) is 2.24. The number of anilines is 1. The van der Waals surface area contributed by atoms with Gasteiger partial charge in [0.1, 0.15) is 17.3 Å². The van der Waals surface area contributed by atoms with Crippen LogP contribution in [0.3, 0.4) is 0 Å². The molecule has 5 heteroatoms. The van der Waals surface area contributed by atoms with Crippen LogP contribution in [-0.4, -0.2) is 6.03 Å². The molecule has 0 aliphatic rings. The Morgan fingerprint density at radius 2 is 2.00 bits per heavy atom. The van der Waals surface area contributed by atoms with E-state index in [4.69, 9.17) is 0 Å². The summed E-state index contributed by atoms with van der Waals surface area (Å²) < 4.78 is 26.2. The number of urea groups is 1. The standard InChI is InChI=1S/C11H12F2N2O/c1-2-3-7-14-11(16)15-10-8(12)5-4-6-9(10)13/h3-7H,2H2,1H3,(H2,14,15,16)/b7-3+. The lowest BCUT2D eigenvalue weighted by atomic mass is 10.3. The molecule has 0 fully saturated rings. The average molecular weight is 226 g/mol. The van der Waals surface area contributed by atoms with Crippen LogP contribution in [0.5, 0.6) is 0 Å². The minimum Gasteiger partial charge on any atom is -0.315 e. The molecule has 0 spiro atoms. The number of rotatable bonds is 3. The number of allylic oxidation sites excluding steroid dienone is 1. The van der Waals surface area contributed by atoms with Crippen molar-refractivity contribution in [3.8, 4) is 0 Å². The van der Waals surface area contributed by atoms with E-state index >= 15 is 0 Å². The third-order valence-electron chi connectivity index (χ3n) is 1.77. The van der Waals surface area contributed by atoms with Gasteiger partial charge >= 0.3 is 6.03 Å². The van der Waals surface area contributed by atoms with Crippen molar-refractivity contribution in [1.29, 1.82) is 0 Å². The van der Waals surface area contributed by atoms with Gasteiger partial charge in [0.05, 0.1) is 0 Å². The fraction of sp³-hybridized carbons (Fsp3) is 0.182. The van der Waals surface area contributed by atoms with Gasteiger partial charge in [0.25, 0.3) is 0 Å². The summed E-state index contributed by atoms with van der Waals surface area (Å²) in [4.78, 5) is 11.2. The Balaban J connectivity index is 2.66. The Hall–Kier alpha value is -1.91. The number of carbonyl (C=O) groups is 1. The van der Waals surface area contributed by atoms with E-state index in [2.05, 4.69) is 10.6 Å². The van der Waals surface area contributed by atoms with Gasteiger partial charge in [0, 0.05) is 6.20 Å². The molecule has 0 bridgehead atoms. The fourth-order valence-electron chi connectivity index (χ4n) is 1.02. The number of hydrogen-bond donors (Lipinski definition) is 2. The Bertz CT molecular complexity index is 385. The van der Waals surface area contributed by atoms with Gasteiger partial charge in [-0.1, -0.05) is 19.1 Å². The molecule has 0 aliphatic carbocycles. The third-order valence-corrected chi connectivity index (χ3v) is 1.77. The lowest BCUT2D eigenvalue weighted by Gasteiger charge is -2.06. The van der Waals surface area contributed by atoms with Crippen LogP contribution in [0.15, 0.2) is 30.5 Å². The zero-order valence-corrected chi connectivity index (χ0v) is 8.76. The van der Waals surface area contributed by atoms with Gasteiger partial charge in [-0.15, -0.1) is 0 Å². The molecule has 1 aromatic carbocycles. The Kier molecular flexibility index (Phi) is 4.44. The van der Waals surface area contributed by atoms with Gasteiger partial charge in [-0.3, -0.25) is 0 Å². The number of amides is 2. The van der Waals surface area contributed by atoms with Gasteiger partial charge in [-0.05, 0) is 18.6 Å². The maximum absolute atomic E-state index is 13.1. The van der Waals surface area contributed by atoms with E-state index in [0.29, 0.717) is 0 Å². The molecule has 0 heterocycles. The molecular formula is C11H12F2N2O. The summed E-state index contributed by atoms with van der Waals surface area (Å²) in [6, 6.07) is 2.68. The van der Waals surface area contributed by atoms with Gasteiger partial charge < -0.3 is 10.6 Å². The zero-order chi connectivity index (χ0) is 12.0. The van der Waals surface area contributed by atoms with Gasteiger partial charge in [0.15, 0.2) is 0 Å². The highest BCUT2D eigenvalue weighted by Crippen LogP contribution is 2.17.